The summed E-state index contributed by atoms with van der Waals surface area (Å²) in [5.74, 6) is 0.697. The van der Waals surface area contributed by atoms with Gasteiger partial charge in [-0.2, -0.15) is 10.4 Å². The van der Waals surface area contributed by atoms with Crippen LogP contribution >= 0.6 is 0 Å². The van der Waals surface area contributed by atoms with Crippen LogP contribution in [0.1, 0.15) is 17.9 Å². The number of aromatic nitrogens is 4. The minimum atomic E-state index is -3.73. The maximum atomic E-state index is 12.0. The number of aromatic amines is 1. The average molecular weight is 292 g/mol. The zero-order chi connectivity index (χ0) is 14.4. The Morgan fingerprint density at radius 2 is 2.25 bits per heavy atom. The van der Waals surface area contributed by atoms with Crippen LogP contribution < -0.4 is 4.72 Å². The fourth-order valence-electron chi connectivity index (χ4n) is 1.58. The van der Waals surface area contributed by atoms with Gasteiger partial charge in [-0.25, -0.2) is 23.1 Å². The molecule has 0 atom stereocenters. The molecular weight excluding hydrogens is 280 g/mol. The minimum Gasteiger partial charge on any atom is -0.263 e. The summed E-state index contributed by atoms with van der Waals surface area (Å²) in [6.07, 6.45) is 3.92. The van der Waals surface area contributed by atoms with Gasteiger partial charge in [0, 0.05) is 19.2 Å². The van der Waals surface area contributed by atoms with Gasteiger partial charge in [-0.15, -0.1) is 0 Å². The third-order valence-corrected chi connectivity index (χ3v) is 4.01. The number of aryl methyl sites for hydroxylation is 1. The van der Waals surface area contributed by atoms with Crippen LogP contribution in [0.3, 0.4) is 0 Å². The summed E-state index contributed by atoms with van der Waals surface area (Å²) in [6, 6.07) is 4.59. The van der Waals surface area contributed by atoms with Crippen molar-refractivity contribution in [1.29, 1.82) is 5.26 Å². The van der Waals surface area contributed by atoms with Crippen molar-refractivity contribution in [1.82, 2.24) is 24.9 Å². The predicted octanol–water partition coefficient (Wildman–Crippen LogP) is -0.0175. The summed E-state index contributed by atoms with van der Waals surface area (Å²) >= 11 is 0. The fourth-order valence-corrected chi connectivity index (χ4v) is 2.76. The van der Waals surface area contributed by atoms with Gasteiger partial charge in [0.25, 0.3) is 0 Å². The average Bonchev–Trinajstić information content (AvgIpc) is 2.97. The second-order valence-corrected chi connectivity index (χ2v) is 5.63. The lowest BCUT2D eigenvalue weighted by atomic mass is 10.3. The van der Waals surface area contributed by atoms with Gasteiger partial charge in [-0.05, 0) is 18.6 Å². The van der Waals surface area contributed by atoms with Gasteiger partial charge in [0.05, 0.1) is 0 Å². The van der Waals surface area contributed by atoms with E-state index in [1.54, 1.807) is 6.07 Å². The Morgan fingerprint density at radius 3 is 2.95 bits per heavy atom. The molecule has 0 fully saturated rings. The summed E-state index contributed by atoms with van der Waals surface area (Å²) in [7, 11) is -3.73. The lowest BCUT2D eigenvalue weighted by Gasteiger charge is -2.06. The molecule has 2 aromatic rings. The number of hydrogen-bond donors (Lipinski definition) is 2. The monoisotopic (exact) mass is 292 g/mol. The standard InChI is InChI=1S/C11H12N6O2S/c12-7-9-10(3-1-5-13-9)20(18,19)16-6-2-4-11-14-8-15-17-11/h1,3,5,8,16H,2,4,6H2,(H,14,15,17). The summed E-state index contributed by atoms with van der Waals surface area (Å²) in [4.78, 5) is 7.56. The summed E-state index contributed by atoms with van der Waals surface area (Å²) in [6.45, 7) is 0.239. The van der Waals surface area contributed by atoms with Gasteiger partial charge < -0.3 is 0 Å². The number of H-pyrrole nitrogens is 1. The molecule has 0 amide bonds. The number of nitrogens with one attached hydrogen (secondary N) is 2. The molecule has 0 spiro atoms. The largest absolute Gasteiger partial charge is 0.263 e. The van der Waals surface area contributed by atoms with Gasteiger partial charge in [0.15, 0.2) is 5.69 Å². The van der Waals surface area contributed by atoms with Crippen molar-refractivity contribution in [3.63, 3.8) is 0 Å². The van der Waals surface area contributed by atoms with Crippen LogP contribution in [0.15, 0.2) is 29.6 Å². The smallest absolute Gasteiger partial charge is 0.243 e. The second-order valence-electron chi connectivity index (χ2n) is 3.90. The van der Waals surface area contributed by atoms with Crippen LogP contribution in [0.2, 0.25) is 0 Å². The first-order chi connectivity index (χ1) is 9.63. The number of sulfonamides is 1. The molecule has 9 heteroatoms. The topological polar surface area (TPSA) is 124 Å². The third-order valence-electron chi connectivity index (χ3n) is 2.51. The van der Waals surface area contributed by atoms with Crippen LogP contribution in [-0.4, -0.2) is 35.1 Å². The SMILES string of the molecule is N#Cc1ncccc1S(=O)(=O)NCCCc1ncn[nH]1. The third kappa shape index (κ3) is 3.37. The molecule has 0 aliphatic rings. The Kier molecular flexibility index (Phi) is 4.39. The predicted molar refractivity (Wildman–Crippen MR) is 68.8 cm³/mol. The van der Waals surface area contributed by atoms with Gasteiger partial charge in [0.2, 0.25) is 10.0 Å². The van der Waals surface area contributed by atoms with E-state index in [-0.39, 0.29) is 17.1 Å². The molecule has 2 N–H and O–H groups in total. The first kappa shape index (κ1) is 14.1. The number of nitriles is 1. The maximum Gasteiger partial charge on any atom is 0.243 e. The number of nitrogens with zero attached hydrogens (tertiary/aromatic N) is 4. The molecule has 2 aromatic heterocycles. The molecule has 0 aliphatic carbocycles. The molecule has 20 heavy (non-hydrogen) atoms. The van der Waals surface area contributed by atoms with Crippen molar-refractivity contribution < 1.29 is 8.42 Å². The first-order valence-corrected chi connectivity index (χ1v) is 7.31. The molecular formula is C11H12N6O2S. The highest BCUT2D eigenvalue weighted by molar-refractivity contribution is 7.89. The highest BCUT2D eigenvalue weighted by Crippen LogP contribution is 2.11. The highest BCUT2D eigenvalue weighted by Gasteiger charge is 2.18. The lowest BCUT2D eigenvalue weighted by Crippen LogP contribution is -2.26. The molecule has 2 rings (SSSR count). The van der Waals surface area contributed by atoms with E-state index in [4.69, 9.17) is 5.26 Å². The van der Waals surface area contributed by atoms with E-state index in [0.29, 0.717) is 18.7 Å². The molecule has 2 heterocycles. The van der Waals surface area contributed by atoms with Gasteiger partial charge in [0.1, 0.15) is 23.1 Å². The minimum absolute atomic E-state index is 0.109. The molecule has 0 aromatic carbocycles. The maximum absolute atomic E-state index is 12.0. The van der Waals surface area contributed by atoms with Crippen LogP contribution in [-0.2, 0) is 16.4 Å². The molecule has 0 saturated heterocycles. The van der Waals surface area contributed by atoms with Crippen molar-refractivity contribution >= 4 is 10.0 Å². The summed E-state index contributed by atoms with van der Waals surface area (Å²) < 4.78 is 26.5. The van der Waals surface area contributed by atoms with E-state index in [0.717, 1.165) is 0 Å². The van der Waals surface area contributed by atoms with Crippen molar-refractivity contribution in [2.45, 2.75) is 17.7 Å². The van der Waals surface area contributed by atoms with E-state index >= 15 is 0 Å². The van der Waals surface area contributed by atoms with Crippen LogP contribution in [0.5, 0.6) is 0 Å². The number of rotatable bonds is 6. The van der Waals surface area contributed by atoms with E-state index in [1.165, 1.54) is 24.7 Å². The number of pyridine rings is 1. The summed E-state index contributed by atoms with van der Waals surface area (Å²) in [5, 5.41) is 15.2. The van der Waals surface area contributed by atoms with Crippen molar-refractivity contribution in [3.8, 4) is 6.07 Å². The Balaban J connectivity index is 1.96. The van der Waals surface area contributed by atoms with E-state index in [2.05, 4.69) is 24.9 Å². The van der Waals surface area contributed by atoms with Crippen LogP contribution in [0.25, 0.3) is 0 Å². The van der Waals surface area contributed by atoms with Crippen LogP contribution in [0, 0.1) is 11.3 Å². The van der Waals surface area contributed by atoms with E-state index in [9.17, 15) is 8.42 Å². The molecule has 0 aliphatic heterocycles. The number of hydrogen-bond acceptors (Lipinski definition) is 6. The molecule has 104 valence electrons. The highest BCUT2D eigenvalue weighted by atomic mass is 32.2. The van der Waals surface area contributed by atoms with E-state index in [1.807, 2.05) is 0 Å². The molecule has 0 saturated carbocycles. The van der Waals surface area contributed by atoms with Gasteiger partial charge in [-0.1, -0.05) is 0 Å². The Morgan fingerprint density at radius 1 is 1.40 bits per heavy atom. The fraction of sp³-hybridized carbons (Fsp3) is 0.273. The molecule has 0 unspecified atom stereocenters. The Labute approximate surface area is 115 Å². The van der Waals surface area contributed by atoms with Crippen LogP contribution in [0.4, 0.5) is 0 Å². The molecule has 0 radical (unpaired) electrons. The van der Waals surface area contributed by atoms with Crippen molar-refractivity contribution in [2.75, 3.05) is 6.54 Å². The molecule has 8 nitrogen and oxygen atoms in total. The van der Waals surface area contributed by atoms with Gasteiger partial charge >= 0.3 is 0 Å². The zero-order valence-corrected chi connectivity index (χ0v) is 11.3. The normalized spacial score (nSPS) is 11.2. The van der Waals surface area contributed by atoms with E-state index < -0.39 is 10.0 Å². The Hall–Kier alpha value is -2.31. The Bertz CT molecular complexity index is 705. The van der Waals surface area contributed by atoms with Crippen molar-refractivity contribution in [3.05, 3.63) is 36.2 Å². The second kappa shape index (κ2) is 6.23. The summed E-state index contributed by atoms with van der Waals surface area (Å²) in [5.41, 5.74) is -0.116. The first-order valence-electron chi connectivity index (χ1n) is 5.82. The zero-order valence-electron chi connectivity index (χ0n) is 10.4. The van der Waals surface area contributed by atoms with Gasteiger partial charge in [-0.3, -0.25) is 5.10 Å². The quantitative estimate of drug-likeness (QED) is 0.721. The molecule has 0 bridgehead atoms. The van der Waals surface area contributed by atoms with Crippen molar-refractivity contribution in [2.24, 2.45) is 0 Å². The lowest BCUT2D eigenvalue weighted by molar-refractivity contribution is 0.577.